The number of rotatable bonds is 1. The molecule has 0 saturated carbocycles. The quantitative estimate of drug-likeness (QED) is 0.516. The Morgan fingerprint density at radius 1 is 1.04 bits per heavy atom. The lowest BCUT2D eigenvalue weighted by Gasteiger charge is -2.24. The molecule has 1 heteroatoms. The number of carbonyl (C=O) groups excluding carboxylic acids is 1. The minimum atomic E-state index is -0.0150. The van der Waals surface area contributed by atoms with Crippen molar-refractivity contribution < 1.29 is 4.79 Å². The maximum atomic E-state index is 12.9. The first-order chi connectivity index (χ1) is 12.4. The van der Waals surface area contributed by atoms with Crippen LogP contribution in [0.1, 0.15) is 58.4 Å². The molecule has 0 amide bonds. The fourth-order valence-electron chi connectivity index (χ4n) is 3.90. The molecule has 26 heavy (non-hydrogen) atoms. The van der Waals surface area contributed by atoms with E-state index in [-0.39, 0.29) is 23.0 Å². The van der Waals surface area contributed by atoms with Crippen molar-refractivity contribution in [1.29, 1.82) is 0 Å². The normalized spacial score (nSPS) is 27.4. The Balaban J connectivity index is 2.05. The van der Waals surface area contributed by atoms with Crippen molar-refractivity contribution in [3.05, 3.63) is 71.8 Å². The van der Waals surface area contributed by atoms with Crippen LogP contribution in [0.5, 0.6) is 0 Å². The van der Waals surface area contributed by atoms with E-state index in [1.54, 1.807) is 0 Å². The molecule has 2 aromatic rings. The number of fused-ring (bicyclic) bond motifs is 1. The third-order valence-electron chi connectivity index (χ3n) is 5.80. The Labute approximate surface area is 157 Å². The van der Waals surface area contributed by atoms with E-state index < -0.39 is 0 Å². The van der Waals surface area contributed by atoms with E-state index in [9.17, 15) is 4.79 Å². The summed E-state index contributed by atoms with van der Waals surface area (Å²) in [5.41, 5.74) is 2.76. The Morgan fingerprint density at radius 3 is 2.58 bits per heavy atom. The lowest BCUT2D eigenvalue weighted by Crippen LogP contribution is -2.19. The van der Waals surface area contributed by atoms with Crippen LogP contribution >= 0.6 is 0 Å². The smallest absolute Gasteiger partial charge is 0.158 e. The van der Waals surface area contributed by atoms with Gasteiger partial charge in [-0.25, -0.2) is 0 Å². The average molecular weight is 347 g/mol. The zero-order valence-corrected chi connectivity index (χ0v) is 16.5. The van der Waals surface area contributed by atoms with Gasteiger partial charge in [0, 0.05) is 5.92 Å². The van der Waals surface area contributed by atoms with Crippen LogP contribution in [-0.4, -0.2) is 5.78 Å². The largest absolute Gasteiger partial charge is 0.295 e. The van der Waals surface area contributed by atoms with Gasteiger partial charge in [-0.3, -0.25) is 4.79 Å². The zero-order valence-electron chi connectivity index (χ0n) is 16.5. The highest BCUT2D eigenvalue weighted by atomic mass is 16.1. The highest BCUT2D eigenvalue weighted by molar-refractivity contribution is 5.93. The van der Waals surface area contributed by atoms with Gasteiger partial charge in [-0.15, -0.1) is 0 Å². The summed E-state index contributed by atoms with van der Waals surface area (Å²) in [5.74, 6) is 0.470. The third kappa shape index (κ3) is 4.15. The van der Waals surface area contributed by atoms with Crippen molar-refractivity contribution in [3.63, 3.8) is 0 Å². The van der Waals surface area contributed by atoms with E-state index in [2.05, 4.69) is 82.3 Å². The molecule has 0 bridgehead atoms. The summed E-state index contributed by atoms with van der Waals surface area (Å²) < 4.78 is 0. The van der Waals surface area contributed by atoms with Gasteiger partial charge in [0.05, 0.1) is 0 Å². The standard InChI is InChI=1S/C25H30O/c1-18-12-13-21(19(2)24(26)15-17-25(3,4)16-14-18)23-11-7-9-20-8-5-6-10-22(20)23/h5-11,14-15,17,19,21H,12-13,16H2,1-4H3/b17-15+,18-14+/t19-,21-/m1/s1. The number of hydrogen-bond donors (Lipinski definition) is 0. The molecular weight excluding hydrogens is 316 g/mol. The van der Waals surface area contributed by atoms with Crippen molar-refractivity contribution >= 4 is 16.6 Å². The first-order valence-electron chi connectivity index (χ1n) is 9.74. The van der Waals surface area contributed by atoms with E-state index >= 15 is 0 Å². The maximum Gasteiger partial charge on any atom is 0.158 e. The summed E-state index contributed by atoms with van der Waals surface area (Å²) >= 11 is 0. The average Bonchev–Trinajstić information content (AvgIpc) is 2.65. The number of ketones is 1. The fraction of sp³-hybridized carbons (Fsp3) is 0.400. The summed E-state index contributed by atoms with van der Waals surface area (Å²) in [5, 5.41) is 2.53. The van der Waals surface area contributed by atoms with Crippen LogP contribution in [0.4, 0.5) is 0 Å². The molecule has 1 nitrogen and oxygen atoms in total. The van der Waals surface area contributed by atoms with Crippen LogP contribution < -0.4 is 0 Å². The van der Waals surface area contributed by atoms with Gasteiger partial charge in [0.15, 0.2) is 5.78 Å². The molecular formula is C25H30O. The minimum absolute atomic E-state index is 0.0150. The molecule has 0 fully saturated rings. The van der Waals surface area contributed by atoms with Crippen LogP contribution in [0.2, 0.25) is 0 Å². The van der Waals surface area contributed by atoms with E-state index in [0.29, 0.717) is 0 Å². The van der Waals surface area contributed by atoms with Crippen LogP contribution in [0, 0.1) is 11.3 Å². The number of benzene rings is 2. The summed E-state index contributed by atoms with van der Waals surface area (Å²) in [6, 6.07) is 15.0. The predicted molar refractivity (Wildman–Crippen MR) is 111 cm³/mol. The Kier molecular flexibility index (Phi) is 5.46. The van der Waals surface area contributed by atoms with Gasteiger partial charge in [-0.1, -0.05) is 81.0 Å². The van der Waals surface area contributed by atoms with Crippen molar-refractivity contribution in [1.82, 2.24) is 0 Å². The molecule has 0 aromatic heterocycles. The van der Waals surface area contributed by atoms with Gasteiger partial charge in [0.25, 0.3) is 0 Å². The predicted octanol–water partition coefficient (Wildman–Crippen LogP) is 6.84. The van der Waals surface area contributed by atoms with Crippen molar-refractivity contribution in [3.8, 4) is 0 Å². The van der Waals surface area contributed by atoms with E-state index in [1.807, 2.05) is 6.08 Å². The van der Waals surface area contributed by atoms with Crippen molar-refractivity contribution in [2.24, 2.45) is 11.3 Å². The van der Waals surface area contributed by atoms with E-state index in [1.165, 1.54) is 21.9 Å². The number of hydrogen-bond acceptors (Lipinski definition) is 1. The molecule has 0 N–H and O–H groups in total. The molecule has 0 unspecified atom stereocenters. The Bertz CT molecular complexity index is 848. The molecule has 1 aliphatic carbocycles. The summed E-state index contributed by atoms with van der Waals surface area (Å²) in [6.07, 6.45) is 9.32. The minimum Gasteiger partial charge on any atom is -0.295 e. The van der Waals surface area contributed by atoms with E-state index in [0.717, 1.165) is 19.3 Å². The Hall–Kier alpha value is -2.15. The molecule has 0 saturated heterocycles. The molecule has 0 radical (unpaired) electrons. The second kappa shape index (κ2) is 7.61. The molecule has 2 aromatic carbocycles. The molecule has 1 aliphatic rings. The first-order valence-corrected chi connectivity index (χ1v) is 9.74. The SMILES string of the molecule is C/C1=C\CC(C)(C)/C=C/C(=O)[C@H](C)[C@H](c2cccc3ccccc23)CC1. The third-order valence-corrected chi connectivity index (χ3v) is 5.80. The first kappa shape index (κ1) is 18.6. The van der Waals surface area contributed by atoms with Gasteiger partial charge in [-0.05, 0) is 59.9 Å². The summed E-state index contributed by atoms with van der Waals surface area (Å²) in [7, 11) is 0. The molecule has 136 valence electrons. The summed E-state index contributed by atoms with van der Waals surface area (Å²) in [6.45, 7) is 8.73. The van der Waals surface area contributed by atoms with E-state index in [4.69, 9.17) is 0 Å². The number of allylic oxidation sites excluding steroid dienone is 4. The lowest BCUT2D eigenvalue weighted by atomic mass is 9.79. The van der Waals surface area contributed by atoms with Gasteiger partial charge in [-0.2, -0.15) is 0 Å². The molecule has 3 rings (SSSR count). The van der Waals surface area contributed by atoms with Gasteiger partial charge in [0.2, 0.25) is 0 Å². The summed E-state index contributed by atoms with van der Waals surface area (Å²) in [4.78, 5) is 12.9. The van der Waals surface area contributed by atoms with Crippen LogP contribution in [-0.2, 0) is 4.79 Å². The fourth-order valence-corrected chi connectivity index (χ4v) is 3.90. The highest BCUT2D eigenvalue weighted by Gasteiger charge is 2.26. The monoisotopic (exact) mass is 346 g/mol. The van der Waals surface area contributed by atoms with Crippen molar-refractivity contribution in [2.75, 3.05) is 0 Å². The van der Waals surface area contributed by atoms with Gasteiger partial charge in [0.1, 0.15) is 0 Å². The van der Waals surface area contributed by atoms with Gasteiger partial charge >= 0.3 is 0 Å². The Morgan fingerprint density at radius 2 is 1.77 bits per heavy atom. The lowest BCUT2D eigenvalue weighted by molar-refractivity contribution is -0.118. The molecule has 2 atom stereocenters. The van der Waals surface area contributed by atoms with Crippen LogP contribution in [0.25, 0.3) is 10.8 Å². The van der Waals surface area contributed by atoms with Crippen molar-refractivity contribution in [2.45, 2.75) is 52.9 Å². The van der Waals surface area contributed by atoms with Crippen LogP contribution in [0.15, 0.2) is 66.3 Å². The molecule has 0 aliphatic heterocycles. The number of carbonyl (C=O) groups is 1. The second-order valence-electron chi connectivity index (χ2n) is 8.48. The second-order valence-corrected chi connectivity index (χ2v) is 8.48. The highest BCUT2D eigenvalue weighted by Crippen LogP contribution is 2.37. The topological polar surface area (TPSA) is 17.1 Å². The molecule has 0 heterocycles. The van der Waals surface area contributed by atoms with Crippen LogP contribution in [0.3, 0.4) is 0 Å². The van der Waals surface area contributed by atoms with Gasteiger partial charge < -0.3 is 0 Å². The zero-order chi connectivity index (χ0) is 18.7. The maximum absolute atomic E-state index is 12.9. The molecule has 0 spiro atoms.